The summed E-state index contributed by atoms with van der Waals surface area (Å²) in [5.41, 5.74) is 2.87. The minimum atomic E-state index is -0.317. The van der Waals surface area contributed by atoms with Crippen molar-refractivity contribution in [2.24, 2.45) is 0 Å². The van der Waals surface area contributed by atoms with Crippen LogP contribution in [-0.4, -0.2) is 16.0 Å². The molecule has 0 atom stereocenters. The number of anilines is 3. The normalized spacial score (nSPS) is 10.5. The Kier molecular flexibility index (Phi) is 4.48. The molecule has 24 heavy (non-hydrogen) atoms. The lowest BCUT2D eigenvalue weighted by Crippen LogP contribution is -2.12. The second-order valence-corrected chi connectivity index (χ2v) is 5.68. The fourth-order valence-corrected chi connectivity index (χ4v) is 2.32. The van der Waals surface area contributed by atoms with Gasteiger partial charge in [0.1, 0.15) is 5.76 Å². The van der Waals surface area contributed by atoms with Gasteiger partial charge in [-0.15, -0.1) is 0 Å². The number of aromatic nitrogens is 2. The quantitative estimate of drug-likeness (QED) is 0.737. The minimum absolute atomic E-state index is 0.317. The molecule has 2 aromatic heterocycles. The molecule has 1 amide bonds. The Morgan fingerprint density at radius 3 is 2.79 bits per heavy atom. The van der Waals surface area contributed by atoms with Gasteiger partial charge in [0.15, 0.2) is 5.82 Å². The lowest BCUT2D eigenvalue weighted by molar-refractivity contribution is 0.102. The van der Waals surface area contributed by atoms with Gasteiger partial charge in [0.25, 0.3) is 5.91 Å². The molecule has 3 aromatic rings. The SMILES string of the molecule is Cc1cc(NC(=O)c2cncc(Nc3cccc(Cl)c3C)c2)no1. The standard InChI is InChI=1S/C17H15ClN4O2/c1-10-6-16(22-24-10)21-17(23)12-7-13(9-19-8-12)20-15-5-3-4-14(18)11(15)2/h3-9,20H,1-2H3,(H,21,22,23). The number of hydrogen-bond acceptors (Lipinski definition) is 5. The number of carbonyl (C=O) groups excluding carboxylic acids is 1. The van der Waals surface area contributed by atoms with E-state index < -0.39 is 0 Å². The molecule has 0 aliphatic carbocycles. The Hall–Kier alpha value is -2.86. The van der Waals surface area contributed by atoms with E-state index in [1.54, 1.807) is 25.3 Å². The van der Waals surface area contributed by atoms with Crippen molar-refractivity contribution in [1.29, 1.82) is 0 Å². The Balaban J connectivity index is 1.78. The van der Waals surface area contributed by atoms with Crippen molar-refractivity contribution in [3.63, 3.8) is 0 Å². The van der Waals surface area contributed by atoms with E-state index in [4.69, 9.17) is 16.1 Å². The van der Waals surface area contributed by atoms with Crippen LogP contribution in [0.2, 0.25) is 5.02 Å². The van der Waals surface area contributed by atoms with Crippen LogP contribution in [0.3, 0.4) is 0 Å². The van der Waals surface area contributed by atoms with Gasteiger partial charge < -0.3 is 15.2 Å². The summed E-state index contributed by atoms with van der Waals surface area (Å²) in [7, 11) is 0. The molecule has 0 saturated carbocycles. The van der Waals surface area contributed by atoms with Crippen LogP contribution in [0.4, 0.5) is 17.2 Å². The highest BCUT2D eigenvalue weighted by molar-refractivity contribution is 6.31. The molecule has 0 aliphatic heterocycles. The Bertz CT molecular complexity index is 892. The van der Waals surface area contributed by atoms with E-state index in [9.17, 15) is 4.79 Å². The predicted octanol–water partition coefficient (Wildman–Crippen LogP) is 4.34. The van der Waals surface area contributed by atoms with Crippen LogP contribution in [0.1, 0.15) is 21.7 Å². The molecule has 0 radical (unpaired) electrons. The minimum Gasteiger partial charge on any atom is -0.360 e. The average molecular weight is 343 g/mol. The molecule has 0 saturated heterocycles. The van der Waals surface area contributed by atoms with E-state index in [2.05, 4.69) is 20.8 Å². The third-order valence-electron chi connectivity index (χ3n) is 3.42. The Morgan fingerprint density at radius 2 is 2.04 bits per heavy atom. The third kappa shape index (κ3) is 3.55. The topological polar surface area (TPSA) is 80.0 Å². The first-order valence-electron chi connectivity index (χ1n) is 7.25. The molecule has 6 nitrogen and oxygen atoms in total. The van der Waals surface area contributed by atoms with E-state index in [1.165, 1.54) is 6.20 Å². The number of hydrogen-bond donors (Lipinski definition) is 2. The van der Waals surface area contributed by atoms with Crippen LogP contribution < -0.4 is 10.6 Å². The molecule has 122 valence electrons. The molecule has 2 heterocycles. The molecule has 0 unspecified atom stereocenters. The van der Waals surface area contributed by atoms with Crippen LogP contribution in [0.5, 0.6) is 0 Å². The van der Waals surface area contributed by atoms with Crippen molar-refractivity contribution in [3.8, 4) is 0 Å². The smallest absolute Gasteiger partial charge is 0.258 e. The highest BCUT2D eigenvalue weighted by Gasteiger charge is 2.11. The molecule has 0 aliphatic rings. The summed E-state index contributed by atoms with van der Waals surface area (Å²) >= 11 is 6.12. The predicted molar refractivity (Wildman–Crippen MR) is 92.9 cm³/mol. The van der Waals surface area contributed by atoms with Crippen molar-refractivity contribution in [2.45, 2.75) is 13.8 Å². The van der Waals surface area contributed by atoms with E-state index in [-0.39, 0.29) is 5.91 Å². The van der Waals surface area contributed by atoms with Gasteiger partial charge in [0.2, 0.25) is 0 Å². The van der Waals surface area contributed by atoms with Gasteiger partial charge in [-0.25, -0.2) is 0 Å². The van der Waals surface area contributed by atoms with Crippen molar-refractivity contribution < 1.29 is 9.32 Å². The van der Waals surface area contributed by atoms with Crippen molar-refractivity contribution in [1.82, 2.24) is 10.1 Å². The van der Waals surface area contributed by atoms with E-state index >= 15 is 0 Å². The number of pyridine rings is 1. The summed E-state index contributed by atoms with van der Waals surface area (Å²) in [5.74, 6) is 0.666. The number of carbonyl (C=O) groups is 1. The number of benzene rings is 1. The van der Waals surface area contributed by atoms with E-state index in [0.29, 0.717) is 27.9 Å². The van der Waals surface area contributed by atoms with Crippen LogP contribution in [0.25, 0.3) is 0 Å². The first-order valence-corrected chi connectivity index (χ1v) is 7.62. The number of nitrogens with zero attached hydrogens (tertiary/aromatic N) is 2. The zero-order valence-electron chi connectivity index (χ0n) is 13.1. The second-order valence-electron chi connectivity index (χ2n) is 5.28. The molecule has 7 heteroatoms. The summed E-state index contributed by atoms with van der Waals surface area (Å²) in [5, 5.41) is 10.3. The highest BCUT2D eigenvalue weighted by Crippen LogP contribution is 2.26. The molecule has 0 bridgehead atoms. The Morgan fingerprint density at radius 1 is 1.21 bits per heavy atom. The second kappa shape index (κ2) is 6.72. The average Bonchev–Trinajstić information content (AvgIpc) is 2.97. The fraction of sp³-hybridized carbons (Fsp3) is 0.118. The van der Waals surface area contributed by atoms with E-state index in [1.807, 2.05) is 25.1 Å². The van der Waals surface area contributed by atoms with Crippen molar-refractivity contribution in [2.75, 3.05) is 10.6 Å². The number of aryl methyl sites for hydroxylation is 1. The molecule has 3 rings (SSSR count). The van der Waals surface area contributed by atoms with Gasteiger partial charge in [-0.2, -0.15) is 0 Å². The van der Waals surface area contributed by atoms with Crippen molar-refractivity contribution in [3.05, 3.63) is 64.6 Å². The maximum Gasteiger partial charge on any atom is 0.258 e. The molecule has 0 fully saturated rings. The summed E-state index contributed by atoms with van der Waals surface area (Å²) < 4.78 is 4.92. The number of rotatable bonds is 4. The maximum atomic E-state index is 12.3. The van der Waals surface area contributed by atoms with Gasteiger partial charge in [0, 0.05) is 23.0 Å². The van der Waals surface area contributed by atoms with Gasteiger partial charge in [0.05, 0.1) is 17.4 Å². The van der Waals surface area contributed by atoms with Crippen molar-refractivity contribution >= 4 is 34.7 Å². The van der Waals surface area contributed by atoms with Crippen LogP contribution >= 0.6 is 11.6 Å². The lowest BCUT2D eigenvalue weighted by atomic mass is 10.2. The molecule has 0 spiro atoms. The summed E-state index contributed by atoms with van der Waals surface area (Å²) in [4.78, 5) is 16.4. The van der Waals surface area contributed by atoms with Crippen LogP contribution in [0, 0.1) is 13.8 Å². The van der Waals surface area contributed by atoms with Gasteiger partial charge in [-0.1, -0.05) is 22.8 Å². The molecule has 1 aromatic carbocycles. The summed E-state index contributed by atoms with van der Waals surface area (Å²) in [6.07, 6.45) is 3.12. The largest absolute Gasteiger partial charge is 0.360 e. The summed E-state index contributed by atoms with van der Waals surface area (Å²) in [6.45, 7) is 3.67. The van der Waals surface area contributed by atoms with E-state index in [0.717, 1.165) is 11.3 Å². The van der Waals surface area contributed by atoms with Crippen LogP contribution in [-0.2, 0) is 0 Å². The van der Waals surface area contributed by atoms with Gasteiger partial charge in [-0.05, 0) is 37.6 Å². The Labute approximate surface area is 143 Å². The van der Waals surface area contributed by atoms with Gasteiger partial charge >= 0.3 is 0 Å². The monoisotopic (exact) mass is 342 g/mol. The molecular formula is C17H15ClN4O2. The molecular weight excluding hydrogens is 328 g/mol. The zero-order valence-corrected chi connectivity index (χ0v) is 13.9. The lowest BCUT2D eigenvalue weighted by Gasteiger charge is -2.11. The third-order valence-corrected chi connectivity index (χ3v) is 3.83. The first-order chi connectivity index (χ1) is 11.5. The van der Waals surface area contributed by atoms with Gasteiger partial charge in [-0.3, -0.25) is 9.78 Å². The fourth-order valence-electron chi connectivity index (χ4n) is 2.14. The summed E-state index contributed by atoms with van der Waals surface area (Å²) in [6, 6.07) is 8.93. The number of halogens is 1. The maximum absolute atomic E-state index is 12.3. The molecule has 2 N–H and O–H groups in total. The first kappa shape index (κ1) is 16.0. The van der Waals surface area contributed by atoms with Crippen LogP contribution in [0.15, 0.2) is 47.2 Å². The zero-order chi connectivity index (χ0) is 17.1. The highest BCUT2D eigenvalue weighted by atomic mass is 35.5. The number of amides is 1. The number of nitrogens with one attached hydrogen (secondary N) is 2.